The van der Waals surface area contributed by atoms with Gasteiger partial charge in [0.2, 0.25) is 11.8 Å². The minimum atomic E-state index is -0.481. The number of anilines is 2. The number of carbonyl (C=O) groups is 2. The Balaban J connectivity index is 1.54. The van der Waals surface area contributed by atoms with Crippen LogP contribution in [-0.4, -0.2) is 22.2 Å². The number of benzene rings is 2. The van der Waals surface area contributed by atoms with E-state index in [2.05, 4.69) is 21.2 Å². The van der Waals surface area contributed by atoms with Crippen LogP contribution in [0.4, 0.5) is 11.4 Å². The van der Waals surface area contributed by atoms with Gasteiger partial charge < -0.3 is 10.6 Å². The van der Waals surface area contributed by atoms with Gasteiger partial charge in [-0.3, -0.25) is 15.0 Å². The van der Waals surface area contributed by atoms with Crippen molar-refractivity contribution in [1.29, 1.82) is 0 Å². The molecule has 122 valence electrons. The third-order valence-electron chi connectivity index (χ3n) is 3.27. The van der Waals surface area contributed by atoms with Crippen LogP contribution < -0.4 is 16.1 Å². The maximum absolute atomic E-state index is 12.0. The van der Waals surface area contributed by atoms with E-state index in [1.165, 1.54) is 11.8 Å². The average Bonchev–Trinajstić information content (AvgIpc) is 2.94. The second-order valence-electron chi connectivity index (χ2n) is 5.11. The summed E-state index contributed by atoms with van der Waals surface area (Å²) in [7, 11) is 0. The predicted octanol–water partition coefficient (Wildman–Crippen LogP) is 2.63. The van der Waals surface area contributed by atoms with Crippen molar-refractivity contribution in [2.75, 3.05) is 10.7 Å². The fourth-order valence-corrected chi connectivity index (χ4v) is 3.05. The van der Waals surface area contributed by atoms with E-state index in [4.69, 9.17) is 0 Å². The quantitative estimate of drug-likeness (QED) is 0.731. The van der Waals surface area contributed by atoms with Crippen molar-refractivity contribution in [3.05, 3.63) is 60.7 Å². The largest absolute Gasteiger partial charge is 0.326 e. The Hall–Kier alpha value is -2.80. The number of hydrogen-bond donors (Lipinski definition) is 3. The Morgan fingerprint density at radius 2 is 1.67 bits per heavy atom. The molecular weight excluding hydrogens is 324 g/mol. The predicted molar refractivity (Wildman–Crippen MR) is 96.7 cm³/mol. The number of hydrazone groups is 1. The van der Waals surface area contributed by atoms with Crippen molar-refractivity contribution in [2.45, 2.75) is 11.7 Å². The minimum Gasteiger partial charge on any atom is -0.326 e. The fourth-order valence-electron chi connectivity index (χ4n) is 2.12. The lowest BCUT2D eigenvalue weighted by Crippen LogP contribution is -2.28. The van der Waals surface area contributed by atoms with Crippen molar-refractivity contribution >= 4 is 40.1 Å². The summed E-state index contributed by atoms with van der Waals surface area (Å²) in [4.78, 5) is 24.0. The molecule has 2 amide bonds. The molecule has 7 heteroatoms. The molecule has 1 aliphatic rings. The fraction of sp³-hybridized carbons (Fsp3) is 0.118. The molecule has 0 bridgehead atoms. The van der Waals surface area contributed by atoms with Crippen LogP contribution in [0, 0.1) is 0 Å². The zero-order valence-corrected chi connectivity index (χ0v) is 13.5. The number of nitrogens with one attached hydrogen (secondary N) is 3. The molecule has 3 rings (SSSR count). The summed E-state index contributed by atoms with van der Waals surface area (Å²) in [5.74, 6) is -0.414. The third kappa shape index (κ3) is 4.36. The molecule has 1 aliphatic heterocycles. The molecule has 1 saturated heterocycles. The SMILES string of the molecule is O=C(C[C@@H]1S/C(=N\Nc2ccccc2)NC1=O)Nc1ccccc1. The molecule has 1 heterocycles. The molecule has 0 aliphatic carbocycles. The van der Waals surface area contributed by atoms with Crippen LogP contribution >= 0.6 is 11.8 Å². The van der Waals surface area contributed by atoms with E-state index in [1.807, 2.05) is 48.5 Å². The van der Waals surface area contributed by atoms with Crippen molar-refractivity contribution in [3.63, 3.8) is 0 Å². The molecule has 1 atom stereocenters. The maximum atomic E-state index is 12.0. The number of rotatable bonds is 5. The van der Waals surface area contributed by atoms with Crippen LogP contribution in [0.1, 0.15) is 6.42 Å². The van der Waals surface area contributed by atoms with Crippen molar-refractivity contribution in [3.8, 4) is 0 Å². The normalized spacial score (nSPS) is 18.2. The molecule has 0 spiro atoms. The van der Waals surface area contributed by atoms with Gasteiger partial charge in [0, 0.05) is 12.1 Å². The van der Waals surface area contributed by atoms with Gasteiger partial charge in [0.25, 0.3) is 0 Å². The highest BCUT2D eigenvalue weighted by molar-refractivity contribution is 8.15. The molecule has 0 unspecified atom stereocenters. The molecule has 3 N–H and O–H groups in total. The molecule has 24 heavy (non-hydrogen) atoms. The second kappa shape index (κ2) is 7.65. The maximum Gasteiger partial charge on any atom is 0.240 e. The van der Waals surface area contributed by atoms with Crippen LogP contribution in [0.25, 0.3) is 0 Å². The summed E-state index contributed by atoms with van der Waals surface area (Å²) in [6.45, 7) is 0. The highest BCUT2D eigenvalue weighted by atomic mass is 32.2. The Morgan fingerprint density at radius 3 is 2.33 bits per heavy atom. The number of nitrogens with zero attached hydrogens (tertiary/aromatic N) is 1. The average molecular weight is 340 g/mol. The van der Waals surface area contributed by atoms with Crippen molar-refractivity contribution in [2.24, 2.45) is 5.10 Å². The van der Waals surface area contributed by atoms with Gasteiger partial charge in [-0.05, 0) is 24.3 Å². The number of para-hydroxylation sites is 2. The standard InChI is InChI=1S/C17H16N4O2S/c22-15(18-12-7-3-1-4-8-12)11-14-16(23)19-17(24-14)21-20-13-9-5-2-6-10-13/h1-10,14,20H,11H2,(H,18,22)(H,19,21,23)/t14-/m0/s1. The van der Waals surface area contributed by atoms with Gasteiger partial charge in [0.05, 0.1) is 5.69 Å². The molecule has 0 saturated carbocycles. The molecule has 2 aromatic rings. The highest BCUT2D eigenvalue weighted by Crippen LogP contribution is 2.23. The first-order valence-electron chi connectivity index (χ1n) is 7.42. The number of thioether (sulfide) groups is 1. The molecular formula is C17H16N4O2S. The van der Waals surface area contributed by atoms with Gasteiger partial charge in [0.1, 0.15) is 5.25 Å². The van der Waals surface area contributed by atoms with Gasteiger partial charge in [-0.2, -0.15) is 0 Å². The zero-order chi connectivity index (χ0) is 16.8. The van der Waals surface area contributed by atoms with Crippen molar-refractivity contribution in [1.82, 2.24) is 5.32 Å². The van der Waals surface area contributed by atoms with E-state index in [-0.39, 0.29) is 18.2 Å². The van der Waals surface area contributed by atoms with Gasteiger partial charge in [0.15, 0.2) is 5.17 Å². The van der Waals surface area contributed by atoms with Gasteiger partial charge in [-0.15, -0.1) is 5.10 Å². The lowest BCUT2D eigenvalue weighted by molar-refractivity contribution is -0.122. The molecule has 1 fully saturated rings. The van der Waals surface area contributed by atoms with Crippen LogP contribution in [0.5, 0.6) is 0 Å². The lowest BCUT2D eigenvalue weighted by Gasteiger charge is -2.07. The van der Waals surface area contributed by atoms with Gasteiger partial charge >= 0.3 is 0 Å². The Morgan fingerprint density at radius 1 is 1.04 bits per heavy atom. The van der Waals surface area contributed by atoms with E-state index < -0.39 is 5.25 Å². The van der Waals surface area contributed by atoms with Crippen LogP contribution in [0.3, 0.4) is 0 Å². The lowest BCUT2D eigenvalue weighted by atomic mass is 10.2. The van der Waals surface area contributed by atoms with Crippen LogP contribution in [0.2, 0.25) is 0 Å². The summed E-state index contributed by atoms with van der Waals surface area (Å²) in [6.07, 6.45) is 0.0930. The minimum absolute atomic E-state index is 0.0930. The van der Waals surface area contributed by atoms with E-state index in [9.17, 15) is 9.59 Å². The second-order valence-corrected chi connectivity index (χ2v) is 6.30. The summed E-state index contributed by atoms with van der Waals surface area (Å²) in [5.41, 5.74) is 4.41. The highest BCUT2D eigenvalue weighted by Gasteiger charge is 2.32. The molecule has 0 radical (unpaired) electrons. The van der Waals surface area contributed by atoms with E-state index in [1.54, 1.807) is 12.1 Å². The molecule has 6 nitrogen and oxygen atoms in total. The first-order chi connectivity index (χ1) is 11.7. The topological polar surface area (TPSA) is 82.6 Å². The molecule has 0 aromatic heterocycles. The summed E-state index contributed by atoms with van der Waals surface area (Å²) in [5, 5.41) is 9.58. The van der Waals surface area contributed by atoms with Crippen LogP contribution in [0.15, 0.2) is 65.8 Å². The smallest absolute Gasteiger partial charge is 0.240 e. The van der Waals surface area contributed by atoms with E-state index in [0.29, 0.717) is 10.9 Å². The van der Waals surface area contributed by atoms with Gasteiger partial charge in [-0.1, -0.05) is 48.2 Å². The monoisotopic (exact) mass is 340 g/mol. The Labute approximate surface area is 143 Å². The Kier molecular flexibility index (Phi) is 5.12. The van der Waals surface area contributed by atoms with E-state index in [0.717, 1.165) is 5.69 Å². The summed E-state index contributed by atoms with van der Waals surface area (Å²) >= 11 is 1.24. The number of amides is 2. The van der Waals surface area contributed by atoms with Gasteiger partial charge in [-0.25, -0.2) is 0 Å². The molecule has 2 aromatic carbocycles. The van der Waals surface area contributed by atoms with E-state index >= 15 is 0 Å². The first-order valence-corrected chi connectivity index (χ1v) is 8.30. The summed E-state index contributed by atoms with van der Waals surface area (Å²) in [6, 6.07) is 18.6. The van der Waals surface area contributed by atoms with Crippen LogP contribution in [-0.2, 0) is 9.59 Å². The first kappa shape index (κ1) is 16.1. The third-order valence-corrected chi connectivity index (χ3v) is 4.35. The number of hydrogen-bond acceptors (Lipinski definition) is 5. The van der Waals surface area contributed by atoms with Crippen molar-refractivity contribution < 1.29 is 9.59 Å². The number of amidine groups is 1. The number of carbonyl (C=O) groups excluding carboxylic acids is 2. The summed E-state index contributed by atoms with van der Waals surface area (Å²) < 4.78 is 0. The zero-order valence-electron chi connectivity index (χ0n) is 12.7. The Bertz CT molecular complexity index is 750.